The fraction of sp³-hybridized carbons (Fsp3) is 0.615. The van der Waals surface area contributed by atoms with Crippen LogP contribution in [-0.4, -0.2) is 47.0 Å². The molecule has 19 heavy (non-hydrogen) atoms. The summed E-state index contributed by atoms with van der Waals surface area (Å²) >= 11 is 0. The number of carbonyl (C=O) groups excluding carboxylic acids is 1. The maximum atomic E-state index is 11.8. The van der Waals surface area contributed by atoms with Gasteiger partial charge in [0.05, 0.1) is 6.61 Å². The van der Waals surface area contributed by atoms with E-state index in [4.69, 9.17) is 4.74 Å². The zero-order valence-corrected chi connectivity index (χ0v) is 11.8. The Morgan fingerprint density at radius 2 is 2.05 bits per heavy atom. The van der Waals surface area contributed by atoms with Crippen LogP contribution in [0, 0.1) is 0 Å². The van der Waals surface area contributed by atoms with Crippen molar-refractivity contribution in [2.24, 2.45) is 0 Å². The third-order valence-corrected chi connectivity index (χ3v) is 2.70. The molecule has 0 radical (unpaired) electrons. The van der Waals surface area contributed by atoms with Crippen molar-refractivity contribution < 1.29 is 9.53 Å². The van der Waals surface area contributed by atoms with E-state index in [0.717, 1.165) is 13.1 Å². The van der Waals surface area contributed by atoms with Gasteiger partial charge in [0, 0.05) is 32.1 Å². The van der Waals surface area contributed by atoms with E-state index in [1.54, 1.807) is 6.07 Å². The third kappa shape index (κ3) is 5.11. The SMILES string of the molecule is CCOc1cc(NCCC(=O)N(CC)CC)ncn1. The predicted octanol–water partition coefficient (Wildman–Crippen LogP) is 1.55. The highest BCUT2D eigenvalue weighted by molar-refractivity contribution is 5.76. The summed E-state index contributed by atoms with van der Waals surface area (Å²) < 4.78 is 5.28. The molecule has 0 aliphatic rings. The molecule has 106 valence electrons. The van der Waals surface area contributed by atoms with E-state index in [1.165, 1.54) is 6.33 Å². The summed E-state index contributed by atoms with van der Waals surface area (Å²) in [7, 11) is 0. The van der Waals surface area contributed by atoms with Gasteiger partial charge in [0.15, 0.2) is 0 Å². The van der Waals surface area contributed by atoms with E-state index in [-0.39, 0.29) is 5.91 Å². The molecule has 0 saturated heterocycles. The maximum Gasteiger partial charge on any atom is 0.224 e. The molecule has 1 heterocycles. The van der Waals surface area contributed by atoms with Crippen LogP contribution in [-0.2, 0) is 4.79 Å². The average Bonchev–Trinajstić information content (AvgIpc) is 2.41. The van der Waals surface area contributed by atoms with Crippen molar-refractivity contribution in [3.8, 4) is 5.88 Å². The molecule has 1 rings (SSSR count). The van der Waals surface area contributed by atoms with Crippen molar-refractivity contribution in [3.05, 3.63) is 12.4 Å². The van der Waals surface area contributed by atoms with Crippen molar-refractivity contribution in [3.63, 3.8) is 0 Å². The Hall–Kier alpha value is -1.85. The first-order valence-corrected chi connectivity index (χ1v) is 6.67. The second-order valence-corrected chi connectivity index (χ2v) is 3.92. The van der Waals surface area contributed by atoms with Crippen molar-refractivity contribution in [2.75, 3.05) is 31.6 Å². The minimum absolute atomic E-state index is 0.150. The first-order valence-electron chi connectivity index (χ1n) is 6.67. The van der Waals surface area contributed by atoms with E-state index >= 15 is 0 Å². The van der Waals surface area contributed by atoms with Crippen LogP contribution in [0.5, 0.6) is 5.88 Å². The first kappa shape index (κ1) is 15.2. The number of hydrogen-bond acceptors (Lipinski definition) is 5. The number of anilines is 1. The molecule has 0 spiro atoms. The Kier molecular flexibility index (Phi) is 6.63. The van der Waals surface area contributed by atoms with Crippen LogP contribution >= 0.6 is 0 Å². The zero-order chi connectivity index (χ0) is 14.1. The molecule has 1 amide bonds. The molecule has 1 N–H and O–H groups in total. The van der Waals surface area contributed by atoms with Gasteiger partial charge in [-0.05, 0) is 20.8 Å². The van der Waals surface area contributed by atoms with Gasteiger partial charge in [0.25, 0.3) is 0 Å². The van der Waals surface area contributed by atoms with E-state index in [2.05, 4.69) is 15.3 Å². The molecule has 0 atom stereocenters. The van der Waals surface area contributed by atoms with E-state index in [9.17, 15) is 4.79 Å². The minimum Gasteiger partial charge on any atom is -0.478 e. The number of carbonyl (C=O) groups is 1. The number of nitrogens with zero attached hydrogens (tertiary/aromatic N) is 3. The molecule has 0 bridgehead atoms. The molecule has 0 unspecified atom stereocenters. The predicted molar refractivity (Wildman–Crippen MR) is 74.2 cm³/mol. The standard InChI is InChI=1S/C13H22N4O2/c1-4-17(5-2)13(18)7-8-14-11-9-12(19-6-3)16-10-15-11/h9-10H,4-8H2,1-3H3,(H,14,15,16). The van der Waals surface area contributed by atoms with Crippen molar-refractivity contribution in [1.82, 2.24) is 14.9 Å². The molecule has 1 aromatic heterocycles. The van der Waals surface area contributed by atoms with Gasteiger partial charge in [-0.1, -0.05) is 0 Å². The second kappa shape index (κ2) is 8.29. The fourth-order valence-corrected chi connectivity index (χ4v) is 1.69. The number of rotatable bonds is 8. The normalized spacial score (nSPS) is 10.1. The number of nitrogens with one attached hydrogen (secondary N) is 1. The molecule has 1 aromatic rings. The van der Waals surface area contributed by atoms with Crippen LogP contribution in [0.15, 0.2) is 12.4 Å². The Morgan fingerprint density at radius 3 is 2.68 bits per heavy atom. The summed E-state index contributed by atoms with van der Waals surface area (Å²) in [5, 5.41) is 3.10. The maximum absolute atomic E-state index is 11.8. The fourth-order valence-electron chi connectivity index (χ4n) is 1.69. The molecular weight excluding hydrogens is 244 g/mol. The summed E-state index contributed by atoms with van der Waals surface area (Å²) in [6, 6.07) is 1.73. The average molecular weight is 266 g/mol. The van der Waals surface area contributed by atoms with Gasteiger partial charge in [0.2, 0.25) is 11.8 Å². The molecule has 0 saturated carbocycles. The van der Waals surface area contributed by atoms with Gasteiger partial charge in [-0.25, -0.2) is 9.97 Å². The summed E-state index contributed by atoms with van der Waals surface area (Å²) in [4.78, 5) is 21.7. The lowest BCUT2D eigenvalue weighted by Crippen LogP contribution is -2.31. The quantitative estimate of drug-likeness (QED) is 0.773. The molecule has 0 aliphatic carbocycles. The van der Waals surface area contributed by atoms with E-state index < -0.39 is 0 Å². The van der Waals surface area contributed by atoms with Gasteiger partial charge in [0.1, 0.15) is 12.1 Å². The summed E-state index contributed by atoms with van der Waals surface area (Å²) in [5.74, 6) is 1.36. The van der Waals surface area contributed by atoms with Crippen LogP contribution in [0.25, 0.3) is 0 Å². The molecule has 0 aliphatic heterocycles. The van der Waals surface area contributed by atoms with Gasteiger partial charge in [-0.3, -0.25) is 4.79 Å². The van der Waals surface area contributed by atoms with Crippen LogP contribution in [0.1, 0.15) is 27.2 Å². The number of ether oxygens (including phenoxy) is 1. The molecule has 6 heteroatoms. The van der Waals surface area contributed by atoms with E-state index in [1.807, 2.05) is 25.7 Å². The Labute approximate surface area is 114 Å². The zero-order valence-electron chi connectivity index (χ0n) is 11.8. The molecule has 0 aromatic carbocycles. The number of hydrogen-bond donors (Lipinski definition) is 1. The van der Waals surface area contributed by atoms with Crippen molar-refractivity contribution in [2.45, 2.75) is 27.2 Å². The second-order valence-electron chi connectivity index (χ2n) is 3.92. The summed E-state index contributed by atoms with van der Waals surface area (Å²) in [5.41, 5.74) is 0. The highest BCUT2D eigenvalue weighted by Crippen LogP contribution is 2.10. The lowest BCUT2D eigenvalue weighted by atomic mass is 10.3. The molecular formula is C13H22N4O2. The van der Waals surface area contributed by atoms with Gasteiger partial charge in [-0.15, -0.1) is 0 Å². The first-order chi connectivity index (χ1) is 9.21. The van der Waals surface area contributed by atoms with Gasteiger partial charge < -0.3 is 15.0 Å². The Balaban J connectivity index is 2.40. The van der Waals surface area contributed by atoms with Crippen LogP contribution in [0.3, 0.4) is 0 Å². The Morgan fingerprint density at radius 1 is 1.32 bits per heavy atom. The highest BCUT2D eigenvalue weighted by Gasteiger charge is 2.08. The topological polar surface area (TPSA) is 67.3 Å². The van der Waals surface area contributed by atoms with Crippen molar-refractivity contribution >= 4 is 11.7 Å². The molecule has 0 fully saturated rings. The summed E-state index contributed by atoms with van der Waals surface area (Å²) in [6.45, 7) is 8.47. The number of amides is 1. The lowest BCUT2D eigenvalue weighted by Gasteiger charge is -2.18. The third-order valence-electron chi connectivity index (χ3n) is 2.70. The van der Waals surface area contributed by atoms with Crippen LogP contribution in [0.4, 0.5) is 5.82 Å². The monoisotopic (exact) mass is 266 g/mol. The smallest absolute Gasteiger partial charge is 0.224 e. The van der Waals surface area contributed by atoms with Gasteiger partial charge >= 0.3 is 0 Å². The summed E-state index contributed by atoms with van der Waals surface area (Å²) in [6.07, 6.45) is 1.90. The van der Waals surface area contributed by atoms with Gasteiger partial charge in [-0.2, -0.15) is 0 Å². The van der Waals surface area contributed by atoms with Crippen LogP contribution in [0.2, 0.25) is 0 Å². The minimum atomic E-state index is 0.150. The number of aromatic nitrogens is 2. The van der Waals surface area contributed by atoms with Crippen molar-refractivity contribution in [1.29, 1.82) is 0 Å². The molecule has 6 nitrogen and oxygen atoms in total. The lowest BCUT2D eigenvalue weighted by molar-refractivity contribution is -0.130. The highest BCUT2D eigenvalue weighted by atomic mass is 16.5. The largest absolute Gasteiger partial charge is 0.478 e. The van der Waals surface area contributed by atoms with Crippen LogP contribution < -0.4 is 10.1 Å². The van der Waals surface area contributed by atoms with E-state index in [0.29, 0.717) is 31.3 Å². The Bertz CT molecular complexity index is 394.